The van der Waals surface area contributed by atoms with Crippen LogP contribution in [0.5, 0.6) is 5.75 Å². The Labute approximate surface area is 113 Å². The zero-order valence-corrected chi connectivity index (χ0v) is 11.2. The summed E-state index contributed by atoms with van der Waals surface area (Å²) in [6, 6.07) is 11.9. The van der Waals surface area contributed by atoms with E-state index in [9.17, 15) is 4.39 Å². The Balaban J connectivity index is 2.43. The second-order valence-electron chi connectivity index (χ2n) is 4.45. The zero-order valence-electron chi connectivity index (χ0n) is 11.2. The molecule has 2 N–H and O–H groups in total. The van der Waals surface area contributed by atoms with Gasteiger partial charge < -0.3 is 10.5 Å². The van der Waals surface area contributed by atoms with Crippen LogP contribution in [0.25, 0.3) is 0 Å². The van der Waals surface area contributed by atoms with Gasteiger partial charge in [-0.3, -0.25) is 0 Å². The van der Waals surface area contributed by atoms with Crippen LogP contribution in [0.2, 0.25) is 0 Å². The molecule has 100 valence electrons. The first kappa shape index (κ1) is 13.6. The molecule has 0 aromatic heterocycles. The van der Waals surface area contributed by atoms with Crippen molar-refractivity contribution in [2.24, 2.45) is 5.73 Å². The fourth-order valence-electron chi connectivity index (χ4n) is 2.14. The van der Waals surface area contributed by atoms with Crippen LogP contribution in [0.3, 0.4) is 0 Å². The van der Waals surface area contributed by atoms with Crippen molar-refractivity contribution < 1.29 is 9.13 Å². The highest BCUT2D eigenvalue weighted by Gasteiger charge is 2.16. The molecule has 0 aliphatic heterocycles. The lowest BCUT2D eigenvalue weighted by Gasteiger charge is -2.18. The lowest BCUT2D eigenvalue weighted by molar-refractivity contribution is 0.335. The van der Waals surface area contributed by atoms with Crippen molar-refractivity contribution in [3.63, 3.8) is 0 Å². The average Bonchev–Trinajstić information content (AvgIpc) is 2.42. The van der Waals surface area contributed by atoms with Gasteiger partial charge >= 0.3 is 0 Å². The standard InChI is InChI=1S/C16H18FNO/c1-3-19-15-7-5-4-6-13(15)16(18)14-10-12(17)9-8-11(14)2/h4-10,16H,3,18H2,1-2H3. The predicted molar refractivity (Wildman–Crippen MR) is 74.8 cm³/mol. The number of hydrogen-bond acceptors (Lipinski definition) is 2. The molecule has 0 aliphatic carbocycles. The molecule has 0 spiro atoms. The summed E-state index contributed by atoms with van der Waals surface area (Å²) in [5.74, 6) is 0.478. The van der Waals surface area contributed by atoms with Crippen LogP contribution in [-0.2, 0) is 0 Å². The van der Waals surface area contributed by atoms with Crippen molar-refractivity contribution >= 4 is 0 Å². The summed E-state index contributed by atoms with van der Waals surface area (Å²) in [5.41, 5.74) is 8.90. The average molecular weight is 259 g/mol. The third-order valence-corrected chi connectivity index (χ3v) is 3.13. The van der Waals surface area contributed by atoms with Gasteiger partial charge in [-0.15, -0.1) is 0 Å². The number of rotatable bonds is 4. The van der Waals surface area contributed by atoms with Gasteiger partial charge in [-0.25, -0.2) is 4.39 Å². The predicted octanol–water partition coefficient (Wildman–Crippen LogP) is 3.58. The molecule has 1 unspecified atom stereocenters. The Morgan fingerprint density at radius 3 is 2.63 bits per heavy atom. The van der Waals surface area contributed by atoms with Gasteiger partial charge in [-0.1, -0.05) is 24.3 Å². The van der Waals surface area contributed by atoms with E-state index in [2.05, 4.69) is 0 Å². The quantitative estimate of drug-likeness (QED) is 0.910. The molecule has 0 heterocycles. The Morgan fingerprint density at radius 1 is 1.16 bits per heavy atom. The van der Waals surface area contributed by atoms with Gasteiger partial charge in [0.1, 0.15) is 11.6 Å². The Kier molecular flexibility index (Phi) is 4.17. The summed E-state index contributed by atoms with van der Waals surface area (Å²) < 4.78 is 19.0. The number of benzene rings is 2. The van der Waals surface area contributed by atoms with E-state index in [1.165, 1.54) is 12.1 Å². The highest BCUT2D eigenvalue weighted by atomic mass is 19.1. The van der Waals surface area contributed by atoms with Gasteiger partial charge in [0.25, 0.3) is 0 Å². The van der Waals surface area contributed by atoms with E-state index in [0.717, 1.165) is 22.4 Å². The van der Waals surface area contributed by atoms with Gasteiger partial charge in [-0.05, 0) is 43.2 Å². The van der Waals surface area contributed by atoms with Crippen molar-refractivity contribution in [1.82, 2.24) is 0 Å². The fraction of sp³-hybridized carbons (Fsp3) is 0.250. The lowest BCUT2D eigenvalue weighted by atomic mass is 9.95. The molecule has 1 atom stereocenters. The normalized spacial score (nSPS) is 12.2. The van der Waals surface area contributed by atoms with Gasteiger partial charge in [-0.2, -0.15) is 0 Å². The molecule has 19 heavy (non-hydrogen) atoms. The monoisotopic (exact) mass is 259 g/mol. The van der Waals surface area contributed by atoms with Gasteiger partial charge in [0.15, 0.2) is 0 Å². The maximum Gasteiger partial charge on any atom is 0.124 e. The lowest BCUT2D eigenvalue weighted by Crippen LogP contribution is -2.15. The molecule has 2 aromatic rings. The Hall–Kier alpha value is -1.87. The van der Waals surface area contributed by atoms with E-state index in [1.807, 2.05) is 38.1 Å². The van der Waals surface area contributed by atoms with Crippen molar-refractivity contribution in [3.05, 3.63) is 65.0 Å². The molecular formula is C16H18FNO. The second-order valence-corrected chi connectivity index (χ2v) is 4.45. The highest BCUT2D eigenvalue weighted by molar-refractivity contribution is 5.43. The van der Waals surface area contributed by atoms with E-state index in [1.54, 1.807) is 6.07 Å². The summed E-state index contributed by atoms with van der Waals surface area (Å²) >= 11 is 0. The molecular weight excluding hydrogens is 241 g/mol. The maximum absolute atomic E-state index is 13.4. The van der Waals surface area contributed by atoms with Crippen LogP contribution < -0.4 is 10.5 Å². The summed E-state index contributed by atoms with van der Waals surface area (Å²) in [5, 5.41) is 0. The molecule has 2 aromatic carbocycles. The summed E-state index contributed by atoms with van der Waals surface area (Å²) in [6.45, 7) is 4.43. The smallest absolute Gasteiger partial charge is 0.124 e. The fourth-order valence-corrected chi connectivity index (χ4v) is 2.14. The van der Waals surface area contributed by atoms with Crippen molar-refractivity contribution in [2.75, 3.05) is 6.61 Å². The van der Waals surface area contributed by atoms with Gasteiger partial charge in [0, 0.05) is 5.56 Å². The van der Waals surface area contributed by atoms with Crippen molar-refractivity contribution in [3.8, 4) is 5.75 Å². The van der Waals surface area contributed by atoms with Crippen molar-refractivity contribution in [2.45, 2.75) is 19.9 Å². The second kappa shape index (κ2) is 5.85. The molecule has 0 fully saturated rings. The minimum Gasteiger partial charge on any atom is -0.494 e. The first-order valence-electron chi connectivity index (χ1n) is 6.36. The Bertz CT molecular complexity index is 568. The van der Waals surface area contributed by atoms with Crippen LogP contribution in [0.15, 0.2) is 42.5 Å². The van der Waals surface area contributed by atoms with E-state index < -0.39 is 6.04 Å². The first-order chi connectivity index (χ1) is 9.13. The number of hydrogen-bond donors (Lipinski definition) is 1. The molecule has 0 aliphatic rings. The van der Waals surface area contributed by atoms with Crippen LogP contribution in [0.1, 0.15) is 29.7 Å². The van der Waals surface area contributed by atoms with E-state index in [0.29, 0.717) is 6.61 Å². The number of para-hydroxylation sites is 1. The van der Waals surface area contributed by atoms with E-state index >= 15 is 0 Å². The number of aryl methyl sites for hydroxylation is 1. The van der Waals surface area contributed by atoms with Crippen molar-refractivity contribution in [1.29, 1.82) is 0 Å². The Morgan fingerprint density at radius 2 is 1.89 bits per heavy atom. The summed E-state index contributed by atoms with van der Waals surface area (Å²) in [7, 11) is 0. The summed E-state index contributed by atoms with van der Waals surface area (Å²) in [6.07, 6.45) is 0. The van der Waals surface area contributed by atoms with Gasteiger partial charge in [0.2, 0.25) is 0 Å². The topological polar surface area (TPSA) is 35.2 Å². The molecule has 0 bridgehead atoms. The van der Waals surface area contributed by atoms with E-state index in [-0.39, 0.29) is 5.82 Å². The number of nitrogens with two attached hydrogens (primary N) is 1. The molecule has 2 nitrogen and oxygen atoms in total. The number of halogens is 1. The van der Waals surface area contributed by atoms with Crippen LogP contribution in [-0.4, -0.2) is 6.61 Å². The highest BCUT2D eigenvalue weighted by Crippen LogP contribution is 2.30. The molecule has 3 heteroatoms. The van der Waals surface area contributed by atoms with E-state index in [4.69, 9.17) is 10.5 Å². The zero-order chi connectivity index (χ0) is 13.8. The van der Waals surface area contributed by atoms with Crippen LogP contribution >= 0.6 is 0 Å². The molecule has 0 radical (unpaired) electrons. The molecule has 0 saturated heterocycles. The SMILES string of the molecule is CCOc1ccccc1C(N)c1cc(F)ccc1C. The largest absolute Gasteiger partial charge is 0.494 e. The molecule has 0 saturated carbocycles. The number of ether oxygens (including phenoxy) is 1. The van der Waals surface area contributed by atoms with Crippen LogP contribution in [0, 0.1) is 12.7 Å². The van der Waals surface area contributed by atoms with Gasteiger partial charge in [0.05, 0.1) is 12.6 Å². The van der Waals surface area contributed by atoms with Crippen LogP contribution in [0.4, 0.5) is 4.39 Å². The minimum atomic E-state index is -0.390. The molecule has 2 rings (SSSR count). The third-order valence-electron chi connectivity index (χ3n) is 3.13. The summed E-state index contributed by atoms with van der Waals surface area (Å²) in [4.78, 5) is 0. The minimum absolute atomic E-state index is 0.273. The third kappa shape index (κ3) is 2.93. The first-order valence-corrected chi connectivity index (χ1v) is 6.36. The molecule has 0 amide bonds. The maximum atomic E-state index is 13.4.